The molecule has 9 heteroatoms. The number of benzene rings is 2. The van der Waals surface area contributed by atoms with Crippen molar-refractivity contribution in [2.45, 2.75) is 0 Å². The minimum atomic E-state index is -1.29. The molecule has 4 N–H and O–H groups in total. The summed E-state index contributed by atoms with van der Waals surface area (Å²) in [5, 5.41) is 24.0. The molecule has 0 saturated heterocycles. The Morgan fingerprint density at radius 2 is 1.75 bits per heavy atom. The second-order valence-electron chi connectivity index (χ2n) is 4.57. The molecule has 0 spiro atoms. The van der Waals surface area contributed by atoms with Crippen LogP contribution in [0.5, 0.6) is 5.75 Å². The second-order valence-corrected chi connectivity index (χ2v) is 5.82. The van der Waals surface area contributed by atoms with E-state index in [2.05, 4.69) is 10.6 Å². The van der Waals surface area contributed by atoms with Gasteiger partial charge in [-0.15, -0.1) is 0 Å². The van der Waals surface area contributed by atoms with Gasteiger partial charge >= 0.3 is 5.97 Å². The molecule has 0 radical (unpaired) electrons. The predicted octanol–water partition coefficient (Wildman–Crippen LogP) is 3.52. The zero-order chi connectivity index (χ0) is 17.9. The van der Waals surface area contributed by atoms with Crippen LogP contribution in [0.2, 0.25) is 10.0 Å². The van der Waals surface area contributed by atoms with Gasteiger partial charge in [-0.25, -0.2) is 4.79 Å². The van der Waals surface area contributed by atoms with Gasteiger partial charge in [0, 0.05) is 10.7 Å². The van der Waals surface area contributed by atoms with Crippen LogP contribution in [-0.4, -0.2) is 27.2 Å². The van der Waals surface area contributed by atoms with Crippen LogP contribution >= 0.6 is 35.4 Å². The molecule has 0 unspecified atom stereocenters. The van der Waals surface area contributed by atoms with Crippen molar-refractivity contribution >= 4 is 58.1 Å². The number of halogens is 2. The number of phenols is 1. The number of aromatic hydroxyl groups is 1. The van der Waals surface area contributed by atoms with Crippen molar-refractivity contribution in [3.8, 4) is 5.75 Å². The number of carboxylic acids is 1. The van der Waals surface area contributed by atoms with Crippen LogP contribution in [0, 0.1) is 0 Å². The van der Waals surface area contributed by atoms with Gasteiger partial charge in [0.25, 0.3) is 5.91 Å². The molecule has 6 nitrogen and oxygen atoms in total. The lowest BCUT2D eigenvalue weighted by Crippen LogP contribution is -2.34. The van der Waals surface area contributed by atoms with Gasteiger partial charge in [0.05, 0.1) is 10.6 Å². The van der Waals surface area contributed by atoms with E-state index >= 15 is 0 Å². The molecule has 124 valence electrons. The highest BCUT2D eigenvalue weighted by atomic mass is 35.5. The van der Waals surface area contributed by atoms with E-state index < -0.39 is 11.9 Å². The first-order chi connectivity index (χ1) is 11.3. The van der Waals surface area contributed by atoms with Crippen LogP contribution in [0.25, 0.3) is 0 Å². The molecule has 0 aliphatic heterocycles. The minimum Gasteiger partial charge on any atom is -0.507 e. The molecule has 0 aliphatic rings. The third kappa shape index (κ3) is 4.35. The van der Waals surface area contributed by atoms with Crippen LogP contribution in [0.4, 0.5) is 5.69 Å². The third-order valence-electron chi connectivity index (χ3n) is 2.89. The number of hydrogen-bond donors (Lipinski definition) is 4. The summed E-state index contributed by atoms with van der Waals surface area (Å²) in [7, 11) is 0. The highest BCUT2D eigenvalue weighted by Crippen LogP contribution is 2.22. The van der Waals surface area contributed by atoms with E-state index in [1.165, 1.54) is 36.4 Å². The standard InChI is InChI=1S/C15H10Cl2N2O4S/c16-7-1-3-9(11(17)5-7)13(21)19-15(24)18-8-2-4-12(20)10(6-8)14(22)23/h1-6,20H,(H,22,23)(H2,18,19,21,24). The van der Waals surface area contributed by atoms with Gasteiger partial charge in [-0.2, -0.15) is 0 Å². The Morgan fingerprint density at radius 3 is 2.38 bits per heavy atom. The number of rotatable bonds is 3. The van der Waals surface area contributed by atoms with Gasteiger partial charge in [-0.05, 0) is 48.6 Å². The number of thiocarbonyl (C=S) groups is 1. The Bertz CT molecular complexity index is 842. The summed E-state index contributed by atoms with van der Waals surface area (Å²) in [6, 6.07) is 8.18. The predicted molar refractivity (Wildman–Crippen MR) is 95.2 cm³/mol. The number of amides is 1. The Hall–Kier alpha value is -2.35. The van der Waals surface area contributed by atoms with Crippen LogP contribution in [0.1, 0.15) is 20.7 Å². The van der Waals surface area contributed by atoms with Crippen molar-refractivity contribution in [2.24, 2.45) is 0 Å². The van der Waals surface area contributed by atoms with Crippen LogP contribution in [-0.2, 0) is 0 Å². The molecule has 0 atom stereocenters. The Balaban J connectivity index is 2.09. The molecule has 2 rings (SSSR count). The molecular weight excluding hydrogens is 375 g/mol. The van der Waals surface area contributed by atoms with Gasteiger partial charge in [0.2, 0.25) is 0 Å². The molecule has 0 aromatic heterocycles. The van der Waals surface area contributed by atoms with E-state index in [0.717, 1.165) is 0 Å². The highest BCUT2D eigenvalue weighted by Gasteiger charge is 2.14. The number of hydrogen-bond acceptors (Lipinski definition) is 4. The lowest BCUT2D eigenvalue weighted by Gasteiger charge is -2.11. The largest absolute Gasteiger partial charge is 0.507 e. The van der Waals surface area contributed by atoms with Crippen LogP contribution in [0.15, 0.2) is 36.4 Å². The molecule has 0 saturated carbocycles. The fourth-order valence-electron chi connectivity index (χ4n) is 1.79. The number of nitrogens with one attached hydrogen (secondary N) is 2. The molecule has 2 aromatic rings. The maximum absolute atomic E-state index is 12.1. The van der Waals surface area contributed by atoms with Gasteiger partial charge in [0.1, 0.15) is 11.3 Å². The van der Waals surface area contributed by atoms with E-state index in [0.29, 0.717) is 5.02 Å². The zero-order valence-corrected chi connectivity index (χ0v) is 14.2. The smallest absolute Gasteiger partial charge is 0.339 e. The molecule has 2 aromatic carbocycles. The molecule has 0 bridgehead atoms. The maximum atomic E-state index is 12.1. The molecule has 0 heterocycles. The lowest BCUT2D eigenvalue weighted by molar-refractivity contribution is 0.0693. The summed E-state index contributed by atoms with van der Waals surface area (Å²) in [5.41, 5.74) is 0.176. The van der Waals surface area contributed by atoms with E-state index in [1.807, 2.05) is 0 Å². The second kappa shape index (κ2) is 7.48. The summed E-state index contributed by atoms with van der Waals surface area (Å²) in [4.78, 5) is 23.1. The van der Waals surface area contributed by atoms with Gasteiger partial charge in [-0.1, -0.05) is 23.2 Å². The quantitative estimate of drug-likeness (QED) is 0.477. The Labute approximate surface area is 152 Å². The number of aromatic carboxylic acids is 1. The molecular formula is C15H10Cl2N2O4S. The minimum absolute atomic E-state index is 0.0620. The summed E-state index contributed by atoms with van der Waals surface area (Å²) >= 11 is 16.7. The van der Waals surface area contributed by atoms with E-state index in [-0.39, 0.29) is 32.7 Å². The Kier molecular flexibility index (Phi) is 5.61. The summed E-state index contributed by atoms with van der Waals surface area (Å²) in [6.45, 7) is 0. The number of carboxylic acid groups (broad SMARTS) is 1. The molecule has 0 fully saturated rings. The van der Waals surface area contributed by atoms with Gasteiger partial charge < -0.3 is 15.5 Å². The van der Waals surface area contributed by atoms with Gasteiger partial charge in [0.15, 0.2) is 5.11 Å². The van der Waals surface area contributed by atoms with Crippen LogP contribution in [0.3, 0.4) is 0 Å². The SMILES string of the molecule is O=C(O)c1cc(NC(=S)NC(=O)c2ccc(Cl)cc2Cl)ccc1O. The van der Waals surface area contributed by atoms with Crippen molar-refractivity contribution in [3.05, 3.63) is 57.6 Å². The van der Waals surface area contributed by atoms with Crippen LogP contribution < -0.4 is 10.6 Å². The topological polar surface area (TPSA) is 98.7 Å². The maximum Gasteiger partial charge on any atom is 0.339 e. The van der Waals surface area contributed by atoms with E-state index in [4.69, 9.17) is 40.5 Å². The summed E-state index contributed by atoms with van der Waals surface area (Å²) in [6.07, 6.45) is 0. The summed E-state index contributed by atoms with van der Waals surface area (Å²) < 4.78 is 0. The monoisotopic (exact) mass is 384 g/mol. The molecule has 24 heavy (non-hydrogen) atoms. The van der Waals surface area contributed by atoms with Crippen molar-refractivity contribution in [1.29, 1.82) is 0 Å². The van der Waals surface area contributed by atoms with Crippen molar-refractivity contribution in [1.82, 2.24) is 5.32 Å². The van der Waals surface area contributed by atoms with Crippen molar-refractivity contribution < 1.29 is 19.8 Å². The van der Waals surface area contributed by atoms with E-state index in [9.17, 15) is 14.7 Å². The zero-order valence-electron chi connectivity index (χ0n) is 11.8. The van der Waals surface area contributed by atoms with Crippen molar-refractivity contribution in [3.63, 3.8) is 0 Å². The van der Waals surface area contributed by atoms with E-state index in [1.54, 1.807) is 0 Å². The third-order valence-corrected chi connectivity index (χ3v) is 3.64. The van der Waals surface area contributed by atoms with Gasteiger partial charge in [-0.3, -0.25) is 10.1 Å². The number of anilines is 1. The lowest BCUT2D eigenvalue weighted by atomic mass is 10.2. The average Bonchev–Trinajstić information content (AvgIpc) is 2.48. The summed E-state index contributed by atoms with van der Waals surface area (Å²) in [5.74, 6) is -2.22. The first-order valence-corrected chi connectivity index (χ1v) is 7.58. The Morgan fingerprint density at radius 1 is 1.04 bits per heavy atom. The highest BCUT2D eigenvalue weighted by molar-refractivity contribution is 7.80. The number of carbonyl (C=O) groups excluding carboxylic acids is 1. The average molecular weight is 385 g/mol. The number of carbonyl (C=O) groups is 2. The van der Waals surface area contributed by atoms with Crippen molar-refractivity contribution in [2.75, 3.05) is 5.32 Å². The first-order valence-electron chi connectivity index (χ1n) is 6.41. The normalized spacial score (nSPS) is 10.1. The fourth-order valence-corrected chi connectivity index (χ4v) is 2.50. The first kappa shape index (κ1) is 18.0. The molecule has 1 amide bonds. The fraction of sp³-hybridized carbons (Fsp3) is 0. The molecule has 0 aliphatic carbocycles.